The van der Waals surface area contributed by atoms with Crippen molar-refractivity contribution in [2.24, 2.45) is 0 Å². The van der Waals surface area contributed by atoms with Crippen molar-refractivity contribution >= 4 is 0 Å². The van der Waals surface area contributed by atoms with Crippen LogP contribution in [0.5, 0.6) is 0 Å². The average Bonchev–Trinajstić information content (AvgIpc) is 2.74. The summed E-state index contributed by atoms with van der Waals surface area (Å²) in [6.07, 6.45) is 6.54. The van der Waals surface area contributed by atoms with Gasteiger partial charge < -0.3 is 0 Å². The number of aromatic nitrogens is 2. The number of rotatable bonds is 3. The molecule has 1 aromatic heterocycles. The molecule has 0 saturated heterocycles. The molecule has 0 aliphatic carbocycles. The van der Waals surface area contributed by atoms with Gasteiger partial charge in [0.15, 0.2) is 0 Å². The second-order valence-electron chi connectivity index (χ2n) is 3.58. The quantitative estimate of drug-likeness (QED) is 0.693. The fourth-order valence-electron chi connectivity index (χ4n) is 1.63. The van der Waals surface area contributed by atoms with E-state index in [1.165, 1.54) is 11.1 Å². The maximum atomic E-state index is 4.25. The first-order valence-corrected chi connectivity index (χ1v) is 5.01. The highest BCUT2D eigenvalue weighted by Crippen LogP contribution is 2.16. The molecule has 76 valence electrons. The molecule has 0 N–H and O–H groups in total. The first kappa shape index (κ1) is 9.71. The SMILES string of the molecule is C=CCc1ccc(C)cc1-n1cccn1. The number of hydrogen-bond donors (Lipinski definition) is 0. The van der Waals surface area contributed by atoms with E-state index in [1.807, 2.05) is 23.0 Å². The van der Waals surface area contributed by atoms with Gasteiger partial charge in [-0.25, -0.2) is 4.68 Å². The minimum absolute atomic E-state index is 0.871. The predicted molar refractivity (Wildman–Crippen MR) is 62.2 cm³/mol. The number of benzene rings is 1. The summed E-state index contributed by atoms with van der Waals surface area (Å²) in [5, 5.41) is 4.25. The lowest BCUT2D eigenvalue weighted by Crippen LogP contribution is -2.00. The van der Waals surface area contributed by atoms with Gasteiger partial charge in [-0.05, 0) is 36.6 Å². The van der Waals surface area contributed by atoms with Crippen molar-refractivity contribution in [2.45, 2.75) is 13.3 Å². The molecule has 0 spiro atoms. The molecule has 0 radical (unpaired) electrons. The molecule has 0 atom stereocenters. The molecular weight excluding hydrogens is 184 g/mol. The van der Waals surface area contributed by atoms with Crippen molar-refractivity contribution in [3.63, 3.8) is 0 Å². The lowest BCUT2D eigenvalue weighted by molar-refractivity contribution is 0.866. The van der Waals surface area contributed by atoms with Gasteiger partial charge in [-0.3, -0.25) is 0 Å². The van der Waals surface area contributed by atoms with Gasteiger partial charge in [0.05, 0.1) is 5.69 Å². The van der Waals surface area contributed by atoms with E-state index in [4.69, 9.17) is 0 Å². The Bertz CT molecular complexity index is 455. The maximum Gasteiger partial charge on any atom is 0.0683 e. The van der Waals surface area contributed by atoms with Crippen LogP contribution in [0.3, 0.4) is 0 Å². The van der Waals surface area contributed by atoms with Crippen molar-refractivity contribution in [2.75, 3.05) is 0 Å². The van der Waals surface area contributed by atoms with E-state index < -0.39 is 0 Å². The molecule has 2 aromatic rings. The summed E-state index contributed by atoms with van der Waals surface area (Å²) in [7, 11) is 0. The topological polar surface area (TPSA) is 17.8 Å². The molecule has 2 nitrogen and oxygen atoms in total. The summed E-state index contributed by atoms with van der Waals surface area (Å²) < 4.78 is 1.89. The second kappa shape index (κ2) is 4.13. The van der Waals surface area contributed by atoms with E-state index in [-0.39, 0.29) is 0 Å². The van der Waals surface area contributed by atoms with Crippen molar-refractivity contribution in [3.05, 3.63) is 60.4 Å². The number of nitrogens with zero attached hydrogens (tertiary/aromatic N) is 2. The fourth-order valence-corrected chi connectivity index (χ4v) is 1.63. The highest BCUT2D eigenvalue weighted by molar-refractivity contribution is 5.44. The third-order valence-electron chi connectivity index (χ3n) is 2.36. The zero-order valence-corrected chi connectivity index (χ0v) is 8.85. The van der Waals surface area contributed by atoms with Crippen LogP contribution in [0.4, 0.5) is 0 Å². The van der Waals surface area contributed by atoms with E-state index in [2.05, 4.69) is 36.8 Å². The summed E-state index contributed by atoms with van der Waals surface area (Å²) in [6.45, 7) is 5.86. The van der Waals surface area contributed by atoms with Crippen molar-refractivity contribution in [3.8, 4) is 5.69 Å². The van der Waals surface area contributed by atoms with E-state index in [9.17, 15) is 0 Å². The van der Waals surface area contributed by atoms with Crippen LogP contribution >= 0.6 is 0 Å². The molecule has 0 bridgehead atoms. The molecular formula is C13H14N2. The summed E-state index contributed by atoms with van der Waals surface area (Å²) in [5.74, 6) is 0. The fraction of sp³-hybridized carbons (Fsp3) is 0.154. The van der Waals surface area contributed by atoms with E-state index in [0.717, 1.165) is 12.1 Å². The van der Waals surface area contributed by atoms with E-state index >= 15 is 0 Å². The molecule has 0 unspecified atom stereocenters. The maximum absolute atomic E-state index is 4.25. The van der Waals surface area contributed by atoms with Gasteiger partial charge >= 0.3 is 0 Å². The Kier molecular flexibility index (Phi) is 2.68. The third kappa shape index (κ3) is 1.99. The van der Waals surface area contributed by atoms with Gasteiger partial charge in [0, 0.05) is 12.4 Å². The molecule has 0 aliphatic heterocycles. The molecule has 1 aromatic carbocycles. The molecule has 15 heavy (non-hydrogen) atoms. The standard InChI is InChI=1S/C13H14N2/c1-3-5-12-7-6-11(2)10-13(12)15-9-4-8-14-15/h3-4,6-10H,1,5H2,2H3. The van der Waals surface area contributed by atoms with Gasteiger partial charge in [0.1, 0.15) is 0 Å². The monoisotopic (exact) mass is 198 g/mol. The van der Waals surface area contributed by atoms with Crippen LogP contribution < -0.4 is 0 Å². The third-order valence-corrected chi connectivity index (χ3v) is 2.36. The average molecular weight is 198 g/mol. The summed E-state index contributed by atoms with van der Waals surface area (Å²) in [4.78, 5) is 0. The first-order chi connectivity index (χ1) is 7.31. The Labute approximate surface area is 89.9 Å². The van der Waals surface area contributed by atoms with Crippen LogP contribution in [0.15, 0.2) is 49.3 Å². The summed E-state index contributed by atoms with van der Waals surface area (Å²) >= 11 is 0. The zero-order chi connectivity index (χ0) is 10.7. The number of hydrogen-bond acceptors (Lipinski definition) is 1. The highest BCUT2D eigenvalue weighted by Gasteiger charge is 2.03. The lowest BCUT2D eigenvalue weighted by Gasteiger charge is -2.08. The predicted octanol–water partition coefficient (Wildman–Crippen LogP) is 2.91. The van der Waals surface area contributed by atoms with E-state index in [0.29, 0.717) is 0 Å². The second-order valence-corrected chi connectivity index (χ2v) is 3.58. The zero-order valence-electron chi connectivity index (χ0n) is 8.85. The minimum Gasteiger partial charge on any atom is -0.241 e. The summed E-state index contributed by atoms with van der Waals surface area (Å²) in [5.41, 5.74) is 3.63. The van der Waals surface area contributed by atoms with Crippen molar-refractivity contribution in [1.29, 1.82) is 0 Å². The van der Waals surface area contributed by atoms with Crippen molar-refractivity contribution in [1.82, 2.24) is 9.78 Å². The van der Waals surface area contributed by atoms with Crippen LogP contribution in [0.2, 0.25) is 0 Å². The van der Waals surface area contributed by atoms with Crippen LogP contribution in [0.25, 0.3) is 5.69 Å². The normalized spacial score (nSPS) is 10.2. The molecule has 0 amide bonds. The molecule has 1 heterocycles. The molecule has 0 fully saturated rings. The largest absolute Gasteiger partial charge is 0.241 e. The first-order valence-electron chi connectivity index (χ1n) is 5.01. The van der Waals surface area contributed by atoms with Crippen molar-refractivity contribution < 1.29 is 0 Å². The Hall–Kier alpha value is -1.83. The Morgan fingerprint density at radius 1 is 1.47 bits per heavy atom. The van der Waals surface area contributed by atoms with Crippen LogP contribution in [0, 0.1) is 6.92 Å². The van der Waals surface area contributed by atoms with Crippen LogP contribution in [0.1, 0.15) is 11.1 Å². The van der Waals surface area contributed by atoms with Gasteiger partial charge in [-0.15, -0.1) is 6.58 Å². The van der Waals surface area contributed by atoms with Crippen LogP contribution in [-0.4, -0.2) is 9.78 Å². The smallest absolute Gasteiger partial charge is 0.0683 e. The lowest BCUT2D eigenvalue weighted by atomic mass is 10.1. The van der Waals surface area contributed by atoms with Crippen LogP contribution in [-0.2, 0) is 6.42 Å². The molecule has 2 heteroatoms. The number of aryl methyl sites for hydroxylation is 1. The number of allylic oxidation sites excluding steroid dienone is 1. The van der Waals surface area contributed by atoms with Gasteiger partial charge in [-0.2, -0.15) is 5.10 Å². The Balaban J connectivity index is 2.52. The molecule has 0 aliphatic rings. The Morgan fingerprint density at radius 2 is 2.33 bits per heavy atom. The molecule has 2 rings (SSSR count). The van der Waals surface area contributed by atoms with Gasteiger partial charge in [-0.1, -0.05) is 18.2 Å². The van der Waals surface area contributed by atoms with E-state index in [1.54, 1.807) is 6.20 Å². The van der Waals surface area contributed by atoms with Gasteiger partial charge in [0.25, 0.3) is 0 Å². The Morgan fingerprint density at radius 3 is 3.00 bits per heavy atom. The minimum atomic E-state index is 0.871. The molecule has 0 saturated carbocycles. The summed E-state index contributed by atoms with van der Waals surface area (Å²) in [6, 6.07) is 8.33. The highest BCUT2D eigenvalue weighted by atomic mass is 15.3. The van der Waals surface area contributed by atoms with Gasteiger partial charge in [0.2, 0.25) is 0 Å².